The Kier molecular flexibility index (Phi) is 4.96. The number of aromatic nitrogens is 4. The molecule has 3 amide bonds. The fraction of sp³-hybridized carbons (Fsp3) is 0.381. The van der Waals surface area contributed by atoms with Crippen molar-refractivity contribution in [3.05, 3.63) is 35.5 Å². The summed E-state index contributed by atoms with van der Waals surface area (Å²) in [6.45, 7) is 2.08. The first kappa shape index (κ1) is 20.6. The maximum Gasteiger partial charge on any atom is 0.325 e. The highest BCUT2D eigenvalue weighted by Crippen LogP contribution is 2.35. The number of anilines is 1. The Morgan fingerprint density at radius 2 is 2.19 bits per heavy atom. The van der Waals surface area contributed by atoms with E-state index in [1.807, 2.05) is 0 Å². The minimum atomic E-state index is -0.950. The number of halogens is 2. The summed E-state index contributed by atoms with van der Waals surface area (Å²) in [7, 11) is 0. The number of rotatable bonds is 4. The van der Waals surface area contributed by atoms with Crippen LogP contribution in [0.5, 0.6) is 0 Å². The van der Waals surface area contributed by atoms with Crippen LogP contribution in [0, 0.1) is 5.82 Å². The standard InChI is InChI=1S/C21H21ClFN7O2/c1-2-30-19(31)21(29-20(30)32)5-3-4-12(7-21)27-18-15(23)10-26-17(28-18)14-9-25-16-13(14)6-11(22)8-24-16/h6,8-10,12H,2-5,7H2,1H3,(H,24,25)(H,29,32)(H,26,27,28)/t12-,21+/m0/s1. The van der Waals surface area contributed by atoms with Crippen LogP contribution in [0.15, 0.2) is 24.7 Å². The van der Waals surface area contributed by atoms with Crippen LogP contribution in [-0.2, 0) is 4.79 Å². The van der Waals surface area contributed by atoms with Crippen LogP contribution in [0.1, 0.15) is 32.6 Å². The molecule has 0 aromatic carbocycles. The predicted octanol–water partition coefficient (Wildman–Crippen LogP) is 3.48. The van der Waals surface area contributed by atoms with Crippen LogP contribution in [-0.4, -0.2) is 54.9 Å². The van der Waals surface area contributed by atoms with Gasteiger partial charge in [0.25, 0.3) is 5.91 Å². The van der Waals surface area contributed by atoms with Crippen molar-refractivity contribution in [2.75, 3.05) is 11.9 Å². The van der Waals surface area contributed by atoms with E-state index in [4.69, 9.17) is 11.6 Å². The van der Waals surface area contributed by atoms with Crippen LogP contribution >= 0.6 is 11.6 Å². The zero-order chi connectivity index (χ0) is 22.5. The number of nitrogens with zero attached hydrogens (tertiary/aromatic N) is 4. The first-order valence-corrected chi connectivity index (χ1v) is 10.8. The van der Waals surface area contributed by atoms with Crippen LogP contribution in [0.4, 0.5) is 15.0 Å². The zero-order valence-electron chi connectivity index (χ0n) is 17.3. The minimum absolute atomic E-state index is 0.0468. The van der Waals surface area contributed by atoms with Gasteiger partial charge in [0.15, 0.2) is 17.5 Å². The van der Waals surface area contributed by atoms with Gasteiger partial charge in [0.1, 0.15) is 11.2 Å². The molecule has 1 aliphatic heterocycles. The predicted molar refractivity (Wildman–Crippen MR) is 117 cm³/mol. The lowest BCUT2D eigenvalue weighted by atomic mass is 9.79. The molecule has 1 aliphatic carbocycles. The third kappa shape index (κ3) is 3.35. The van der Waals surface area contributed by atoms with Gasteiger partial charge in [-0.05, 0) is 38.7 Å². The molecule has 0 unspecified atom stereocenters. The largest absolute Gasteiger partial charge is 0.365 e. The van der Waals surface area contributed by atoms with E-state index in [-0.39, 0.29) is 23.8 Å². The van der Waals surface area contributed by atoms with E-state index in [2.05, 4.69) is 30.6 Å². The Morgan fingerprint density at radius 3 is 2.97 bits per heavy atom. The molecule has 4 heterocycles. The molecule has 32 heavy (non-hydrogen) atoms. The highest BCUT2D eigenvalue weighted by Gasteiger charge is 2.52. The number of likely N-dealkylation sites (N-methyl/N-ethyl adjacent to an activating group) is 1. The lowest BCUT2D eigenvalue weighted by Gasteiger charge is -2.36. The lowest BCUT2D eigenvalue weighted by molar-refractivity contribution is -0.132. The number of hydrogen-bond donors (Lipinski definition) is 3. The molecule has 11 heteroatoms. The van der Waals surface area contributed by atoms with Crippen molar-refractivity contribution >= 4 is 40.4 Å². The molecule has 2 fully saturated rings. The highest BCUT2D eigenvalue weighted by molar-refractivity contribution is 6.31. The van der Waals surface area contributed by atoms with Crippen LogP contribution in [0.25, 0.3) is 22.4 Å². The number of imide groups is 1. The van der Waals surface area contributed by atoms with Gasteiger partial charge < -0.3 is 15.6 Å². The molecular formula is C21H21ClFN7O2. The second kappa shape index (κ2) is 7.70. The van der Waals surface area contributed by atoms with Gasteiger partial charge >= 0.3 is 6.03 Å². The number of nitrogens with one attached hydrogen (secondary N) is 3. The molecule has 1 saturated carbocycles. The highest BCUT2D eigenvalue weighted by atomic mass is 35.5. The maximum absolute atomic E-state index is 14.6. The van der Waals surface area contributed by atoms with E-state index in [0.29, 0.717) is 47.9 Å². The number of amides is 3. The monoisotopic (exact) mass is 457 g/mol. The SMILES string of the molecule is CCN1C(=O)N[C@@]2(CCC[C@H](Nc3nc(-c4c[nH]c5ncc(Cl)cc45)ncc3F)C2)C1=O. The van der Waals surface area contributed by atoms with Gasteiger partial charge in [0.2, 0.25) is 0 Å². The second-order valence-corrected chi connectivity index (χ2v) is 8.58. The Bertz CT molecular complexity index is 1230. The van der Waals surface area contributed by atoms with E-state index in [1.54, 1.807) is 19.2 Å². The molecule has 9 nitrogen and oxygen atoms in total. The van der Waals surface area contributed by atoms with Gasteiger partial charge in [-0.25, -0.2) is 24.1 Å². The number of H-pyrrole nitrogens is 1. The van der Waals surface area contributed by atoms with Crippen molar-refractivity contribution < 1.29 is 14.0 Å². The summed E-state index contributed by atoms with van der Waals surface area (Å²) in [6, 6.07) is 1.13. The van der Waals surface area contributed by atoms with Crippen LogP contribution in [0.2, 0.25) is 5.02 Å². The first-order chi connectivity index (χ1) is 15.4. The maximum atomic E-state index is 14.6. The van der Waals surface area contributed by atoms with E-state index in [1.165, 1.54) is 11.1 Å². The molecule has 2 aliphatic rings. The minimum Gasteiger partial charge on any atom is -0.365 e. The fourth-order valence-electron chi connectivity index (χ4n) is 4.62. The molecule has 1 saturated heterocycles. The second-order valence-electron chi connectivity index (χ2n) is 8.14. The number of pyridine rings is 1. The normalized spacial score (nSPS) is 23.2. The van der Waals surface area contributed by atoms with Crippen molar-refractivity contribution in [3.8, 4) is 11.4 Å². The van der Waals surface area contributed by atoms with Crippen molar-refractivity contribution in [2.24, 2.45) is 0 Å². The van der Waals surface area contributed by atoms with Crippen LogP contribution in [0.3, 0.4) is 0 Å². The smallest absolute Gasteiger partial charge is 0.325 e. The fourth-order valence-corrected chi connectivity index (χ4v) is 4.78. The average molecular weight is 458 g/mol. The quantitative estimate of drug-likeness (QED) is 0.516. The van der Waals surface area contributed by atoms with Gasteiger partial charge in [-0.15, -0.1) is 0 Å². The Balaban J connectivity index is 1.42. The Hall–Kier alpha value is -3.27. The third-order valence-electron chi connectivity index (χ3n) is 6.14. The summed E-state index contributed by atoms with van der Waals surface area (Å²) in [4.78, 5) is 42.1. The molecule has 166 valence electrons. The van der Waals surface area contributed by atoms with Crippen molar-refractivity contribution in [1.29, 1.82) is 0 Å². The average Bonchev–Trinajstić information content (AvgIpc) is 3.28. The zero-order valence-corrected chi connectivity index (χ0v) is 18.0. The Labute approximate surface area is 187 Å². The van der Waals surface area contributed by atoms with Gasteiger partial charge in [0, 0.05) is 35.9 Å². The van der Waals surface area contributed by atoms with Gasteiger partial charge in [-0.1, -0.05) is 11.6 Å². The summed E-state index contributed by atoms with van der Waals surface area (Å²) < 4.78 is 14.6. The number of hydrogen-bond acceptors (Lipinski definition) is 6. The van der Waals surface area contributed by atoms with E-state index in [0.717, 1.165) is 18.0 Å². The molecule has 5 rings (SSSR count). The van der Waals surface area contributed by atoms with Crippen molar-refractivity contribution in [2.45, 2.75) is 44.2 Å². The number of carbonyl (C=O) groups is 2. The van der Waals surface area contributed by atoms with Gasteiger partial charge in [0.05, 0.1) is 11.2 Å². The van der Waals surface area contributed by atoms with Crippen molar-refractivity contribution in [3.63, 3.8) is 0 Å². The van der Waals surface area contributed by atoms with Gasteiger partial charge in [-0.2, -0.15) is 0 Å². The number of aromatic amines is 1. The molecule has 0 radical (unpaired) electrons. The van der Waals surface area contributed by atoms with E-state index >= 15 is 0 Å². The number of carbonyl (C=O) groups excluding carboxylic acids is 2. The molecule has 3 aromatic rings. The Morgan fingerprint density at radius 1 is 1.34 bits per heavy atom. The molecule has 3 aromatic heterocycles. The summed E-state index contributed by atoms with van der Waals surface area (Å²) in [5, 5.41) is 7.18. The summed E-state index contributed by atoms with van der Waals surface area (Å²) in [5.74, 6) is -0.451. The van der Waals surface area contributed by atoms with Crippen LogP contribution < -0.4 is 10.6 Å². The molecule has 3 N–H and O–H groups in total. The van der Waals surface area contributed by atoms with E-state index < -0.39 is 11.4 Å². The molecule has 0 bridgehead atoms. The topological polar surface area (TPSA) is 116 Å². The summed E-state index contributed by atoms with van der Waals surface area (Å²) in [5.41, 5.74) is 0.321. The summed E-state index contributed by atoms with van der Waals surface area (Å²) >= 11 is 6.07. The van der Waals surface area contributed by atoms with E-state index in [9.17, 15) is 14.0 Å². The number of urea groups is 1. The van der Waals surface area contributed by atoms with Gasteiger partial charge in [-0.3, -0.25) is 9.69 Å². The molecular weight excluding hydrogens is 437 g/mol. The third-order valence-corrected chi connectivity index (χ3v) is 6.34. The lowest BCUT2D eigenvalue weighted by Crippen LogP contribution is -2.53. The van der Waals surface area contributed by atoms with Crippen molar-refractivity contribution in [1.82, 2.24) is 30.2 Å². The summed E-state index contributed by atoms with van der Waals surface area (Å²) in [6.07, 6.45) is 6.71. The molecule has 2 atom stereocenters. The first-order valence-electron chi connectivity index (χ1n) is 10.5. The molecule has 1 spiro atoms. The number of fused-ring (bicyclic) bond motifs is 1.